The Morgan fingerprint density at radius 3 is 2.00 bits per heavy atom. The van der Waals surface area contributed by atoms with Gasteiger partial charge in [-0.2, -0.15) is 35.5 Å². The fourth-order valence-electron chi connectivity index (χ4n) is 5.81. The third-order valence-electron chi connectivity index (χ3n) is 8.05. The third-order valence-corrected chi connectivity index (χ3v) is 9.42. The minimum atomic E-state index is -0.826. The quantitative estimate of drug-likeness (QED) is 0.126. The molecule has 0 saturated heterocycles. The summed E-state index contributed by atoms with van der Waals surface area (Å²) in [6.45, 7) is 11.3. The van der Waals surface area contributed by atoms with Crippen molar-refractivity contribution < 1.29 is 20.8 Å². The molecule has 0 spiro atoms. The second-order valence-electron chi connectivity index (χ2n) is 11.8. The average molecular weight is 707 g/mol. The maximum atomic E-state index is 4.93. The van der Waals surface area contributed by atoms with Gasteiger partial charge in [0.2, 0.25) is 0 Å². The van der Waals surface area contributed by atoms with E-state index in [0.717, 1.165) is 9.52 Å². The van der Waals surface area contributed by atoms with Gasteiger partial charge in [0.15, 0.2) is 0 Å². The van der Waals surface area contributed by atoms with E-state index < -0.39 is 20.8 Å². The molecule has 0 aliphatic carbocycles. The molecule has 6 aromatic rings. The molecule has 0 bridgehead atoms. The zero-order valence-corrected chi connectivity index (χ0v) is 30.9. The second-order valence-corrected chi connectivity index (χ2v) is 16.8. The van der Waals surface area contributed by atoms with Gasteiger partial charge in [-0.05, 0) is 39.7 Å². The molecule has 7 rings (SSSR count). The van der Waals surface area contributed by atoms with Crippen LogP contribution < -0.4 is 10.4 Å². The van der Waals surface area contributed by atoms with Gasteiger partial charge in [-0.3, -0.25) is 0 Å². The van der Waals surface area contributed by atoms with Crippen LogP contribution >= 0.6 is 17.0 Å². The number of hydrogen-bond acceptors (Lipinski definition) is 0. The van der Waals surface area contributed by atoms with Gasteiger partial charge < -0.3 is 0 Å². The van der Waals surface area contributed by atoms with Crippen molar-refractivity contribution in [1.82, 2.24) is 0 Å². The van der Waals surface area contributed by atoms with Crippen LogP contribution in [0.2, 0.25) is 0 Å². The molecule has 0 nitrogen and oxygen atoms in total. The first-order chi connectivity index (χ1) is 21.3. The van der Waals surface area contributed by atoms with Crippen molar-refractivity contribution in [2.75, 3.05) is 0 Å². The van der Waals surface area contributed by atoms with Crippen LogP contribution in [0.4, 0.5) is 0 Å². The molecule has 0 unspecified atom stereocenters. The van der Waals surface area contributed by atoms with E-state index in [0.29, 0.717) is 11.8 Å². The Hall–Kier alpha value is -2.61. The molecule has 44 heavy (non-hydrogen) atoms. The van der Waals surface area contributed by atoms with Gasteiger partial charge in [0.05, 0.1) is 9.52 Å². The molecule has 0 saturated carbocycles. The molecule has 4 heteroatoms. The van der Waals surface area contributed by atoms with Gasteiger partial charge >= 0.3 is 37.9 Å². The van der Waals surface area contributed by atoms with Gasteiger partial charge in [-0.25, -0.2) is 0 Å². The van der Waals surface area contributed by atoms with Crippen LogP contribution in [0.1, 0.15) is 56.2 Å². The molecular formula is C40H36Cl2SiZr. The molecule has 0 N–H and O–H groups in total. The zero-order valence-electron chi connectivity index (χ0n) is 25.9. The summed E-state index contributed by atoms with van der Waals surface area (Å²) in [5, 5.41) is 5.51. The van der Waals surface area contributed by atoms with E-state index in [1.54, 1.807) is 0 Å². The molecule has 0 amide bonds. The molecule has 0 aromatic heterocycles. The van der Waals surface area contributed by atoms with Gasteiger partial charge in [0.1, 0.15) is 0 Å². The SMILES string of the molecule is Cc1cc2c(-c3cc(C(C)C)cc(C(C)C)c3)c(-c3ccccc3)ccc2[cH-]1.[Cl][Zr+2][Cl].[c-]1cccc2c1[Si]c1ccccc1-2. The van der Waals surface area contributed by atoms with Crippen molar-refractivity contribution in [2.24, 2.45) is 0 Å². The van der Waals surface area contributed by atoms with Gasteiger partial charge in [-0.1, -0.05) is 130 Å². The summed E-state index contributed by atoms with van der Waals surface area (Å²) in [7, 11) is 10.7. The molecule has 1 heterocycles. The maximum Gasteiger partial charge on any atom is 0.0920 e. The number of rotatable bonds is 4. The monoisotopic (exact) mass is 704 g/mol. The van der Waals surface area contributed by atoms with E-state index in [2.05, 4.69) is 150 Å². The summed E-state index contributed by atoms with van der Waals surface area (Å²) in [6, 6.07) is 45.3. The van der Waals surface area contributed by atoms with Crippen LogP contribution in [-0.2, 0) is 20.8 Å². The molecule has 1 aliphatic heterocycles. The van der Waals surface area contributed by atoms with Crippen molar-refractivity contribution >= 4 is 47.7 Å². The van der Waals surface area contributed by atoms with E-state index in [9.17, 15) is 0 Å². The van der Waals surface area contributed by atoms with E-state index in [-0.39, 0.29) is 0 Å². The summed E-state index contributed by atoms with van der Waals surface area (Å²) in [4.78, 5) is 0. The Morgan fingerprint density at radius 1 is 0.682 bits per heavy atom. The van der Waals surface area contributed by atoms with Gasteiger partial charge in [0.25, 0.3) is 0 Å². The van der Waals surface area contributed by atoms with Crippen LogP contribution in [-0.4, -0.2) is 9.52 Å². The Bertz CT molecular complexity index is 1780. The van der Waals surface area contributed by atoms with E-state index in [4.69, 9.17) is 17.0 Å². The smallest absolute Gasteiger partial charge is 0.0920 e. The first-order valence-electron chi connectivity index (χ1n) is 15.0. The molecule has 6 aromatic carbocycles. The van der Waals surface area contributed by atoms with E-state index >= 15 is 0 Å². The van der Waals surface area contributed by atoms with Crippen molar-refractivity contribution in [2.45, 2.75) is 46.5 Å². The average Bonchev–Trinajstić information content (AvgIpc) is 3.61. The molecule has 218 valence electrons. The summed E-state index contributed by atoms with van der Waals surface area (Å²) < 4.78 is 0. The Balaban J connectivity index is 0.000000198. The standard InChI is InChI=1S/C28H29.C12H7Si.2ClH.Zr/c1-18(2)23-15-24(19(3)4)17-25(16-23)28-26(21-9-7-6-8-10-21)12-11-22-13-20(5)14-27(22)28;1-3-7-11-9(5-1)10-6-2-4-8-12(10)13-11;;;/h6-19H,1-5H3;1-7H;2*1H;/q2*-1;;;+4/p-2. The van der Waals surface area contributed by atoms with Crippen molar-refractivity contribution in [3.05, 3.63) is 138 Å². The van der Waals surface area contributed by atoms with Crippen LogP contribution in [0.15, 0.2) is 115 Å². The fourth-order valence-corrected chi connectivity index (χ4v) is 7.12. The predicted molar refractivity (Wildman–Crippen MR) is 191 cm³/mol. The molecule has 2 radical (unpaired) electrons. The molecule has 1 aliphatic rings. The Kier molecular flexibility index (Phi) is 11.3. The second kappa shape index (κ2) is 15.1. The topological polar surface area (TPSA) is 0 Å². The first kappa shape index (κ1) is 32.8. The number of benzene rings is 5. The number of aryl methyl sites for hydroxylation is 1. The molecular weight excluding hydrogens is 671 g/mol. The predicted octanol–water partition coefficient (Wildman–Crippen LogP) is 10.9. The summed E-state index contributed by atoms with van der Waals surface area (Å²) >= 11 is -0.826. The number of fused-ring (bicyclic) bond motifs is 4. The third kappa shape index (κ3) is 7.43. The van der Waals surface area contributed by atoms with Crippen molar-refractivity contribution in [1.29, 1.82) is 0 Å². The minimum Gasteiger partial charge on any atom is -0.184 e. The van der Waals surface area contributed by atoms with Gasteiger partial charge in [0, 0.05) is 0 Å². The molecule has 0 fully saturated rings. The minimum absolute atomic E-state index is 0.512. The van der Waals surface area contributed by atoms with Crippen LogP contribution in [0.5, 0.6) is 0 Å². The molecule has 0 atom stereocenters. The summed E-state index contributed by atoms with van der Waals surface area (Å²) in [5.74, 6) is 1.02. The zero-order chi connectivity index (χ0) is 31.2. The Morgan fingerprint density at radius 2 is 1.32 bits per heavy atom. The first-order valence-corrected chi connectivity index (χ1v) is 22.4. The summed E-state index contributed by atoms with van der Waals surface area (Å²) in [5.41, 5.74) is 12.2. The normalized spacial score (nSPS) is 11.3. The van der Waals surface area contributed by atoms with Crippen LogP contribution in [0.25, 0.3) is 44.2 Å². The summed E-state index contributed by atoms with van der Waals surface area (Å²) in [6.07, 6.45) is 0. The van der Waals surface area contributed by atoms with E-state index in [1.807, 2.05) is 6.07 Å². The van der Waals surface area contributed by atoms with Crippen molar-refractivity contribution in [3.8, 4) is 33.4 Å². The van der Waals surface area contributed by atoms with Crippen LogP contribution in [0, 0.1) is 13.0 Å². The maximum absolute atomic E-state index is 4.93. The van der Waals surface area contributed by atoms with E-state index in [1.165, 1.54) is 71.2 Å². The number of halogens is 2. The number of hydrogen-bond donors (Lipinski definition) is 0. The van der Waals surface area contributed by atoms with Gasteiger partial charge in [-0.15, -0.1) is 34.0 Å². The van der Waals surface area contributed by atoms with Crippen molar-refractivity contribution in [3.63, 3.8) is 0 Å². The fraction of sp³-hybridized carbons (Fsp3) is 0.175. The Labute approximate surface area is 284 Å². The largest absolute Gasteiger partial charge is 0.184 e. The van der Waals surface area contributed by atoms with Crippen LogP contribution in [0.3, 0.4) is 0 Å².